The van der Waals surface area contributed by atoms with E-state index < -0.39 is 5.60 Å². The second-order valence-electron chi connectivity index (χ2n) is 8.39. The predicted octanol–water partition coefficient (Wildman–Crippen LogP) is 2.58. The summed E-state index contributed by atoms with van der Waals surface area (Å²) in [5.41, 5.74) is 1.27. The highest BCUT2D eigenvalue weighted by Gasteiger charge is 2.33. The molecule has 3 rings (SSSR count). The topological polar surface area (TPSA) is 54.4 Å². The van der Waals surface area contributed by atoms with Crippen LogP contribution in [0.5, 0.6) is 11.5 Å². The Morgan fingerprint density at radius 2 is 1.90 bits per heavy atom. The molecule has 1 N–H and O–H groups in total. The Kier molecular flexibility index (Phi) is 8.10. The summed E-state index contributed by atoms with van der Waals surface area (Å²) in [4.78, 5) is 4.31. The summed E-state index contributed by atoms with van der Waals surface area (Å²) in [5, 5.41) is 11.1. The fraction of sp³-hybridized carbons (Fsp3) is 0.500. The Hall–Kier alpha value is -2.12. The average molecular weight is 415 g/mol. The van der Waals surface area contributed by atoms with Crippen molar-refractivity contribution in [3.63, 3.8) is 0 Å². The number of hydrogen-bond acceptors (Lipinski definition) is 6. The summed E-state index contributed by atoms with van der Waals surface area (Å²) in [5.74, 6) is 1.65. The molecule has 0 spiro atoms. The number of nitrogens with zero attached hydrogens (tertiary/aromatic N) is 2. The van der Waals surface area contributed by atoms with E-state index in [9.17, 15) is 5.11 Å². The molecule has 6 nitrogen and oxygen atoms in total. The molecule has 0 aromatic heterocycles. The van der Waals surface area contributed by atoms with Gasteiger partial charge in [-0.25, -0.2) is 0 Å². The Morgan fingerprint density at radius 3 is 2.63 bits per heavy atom. The number of ether oxygens (including phenoxy) is 3. The Balaban J connectivity index is 1.54. The third kappa shape index (κ3) is 7.29. The Bertz CT molecular complexity index is 781. The van der Waals surface area contributed by atoms with E-state index in [4.69, 9.17) is 14.2 Å². The average Bonchev–Trinajstić information content (AvgIpc) is 2.89. The van der Waals surface area contributed by atoms with E-state index in [-0.39, 0.29) is 13.2 Å². The van der Waals surface area contributed by atoms with Gasteiger partial charge >= 0.3 is 0 Å². The van der Waals surface area contributed by atoms with Crippen LogP contribution in [0.25, 0.3) is 0 Å². The fourth-order valence-electron chi connectivity index (χ4n) is 3.44. The largest absolute Gasteiger partial charge is 0.492 e. The predicted molar refractivity (Wildman–Crippen MR) is 118 cm³/mol. The van der Waals surface area contributed by atoms with Gasteiger partial charge in [0.2, 0.25) is 0 Å². The molecule has 0 saturated carbocycles. The van der Waals surface area contributed by atoms with Crippen molar-refractivity contribution in [3.05, 3.63) is 59.7 Å². The van der Waals surface area contributed by atoms with Gasteiger partial charge in [0, 0.05) is 26.2 Å². The number of aryl methyl sites for hydroxylation is 1. The number of rotatable bonds is 9. The molecule has 1 atom stereocenters. The normalized spacial score (nSPS) is 20.2. The van der Waals surface area contributed by atoms with E-state index >= 15 is 0 Å². The van der Waals surface area contributed by atoms with Crippen LogP contribution < -0.4 is 9.47 Å². The summed E-state index contributed by atoms with van der Waals surface area (Å²) in [6, 6.07) is 16.0. The standard InChI is InChI=1S/C24H34N2O4/c1-20-5-4-6-23(15-20)30-19-24(27)17-26(12-13-28-18-24)16-21-7-9-22(10-8-21)29-14-11-25(2)3/h4-10,15,27H,11-14,16-19H2,1-3H3/t24-/m1/s1. The van der Waals surface area contributed by atoms with Crippen LogP contribution in [-0.4, -0.2) is 80.7 Å². The van der Waals surface area contributed by atoms with Crippen molar-refractivity contribution in [2.75, 3.05) is 60.2 Å². The molecule has 0 bridgehead atoms. The van der Waals surface area contributed by atoms with Crippen molar-refractivity contribution in [3.8, 4) is 11.5 Å². The quantitative estimate of drug-likeness (QED) is 0.681. The second kappa shape index (κ2) is 10.8. The second-order valence-corrected chi connectivity index (χ2v) is 8.39. The maximum atomic E-state index is 11.1. The highest BCUT2D eigenvalue weighted by Crippen LogP contribution is 2.20. The van der Waals surface area contributed by atoms with Gasteiger partial charge in [-0.15, -0.1) is 0 Å². The van der Waals surface area contributed by atoms with Crippen molar-refractivity contribution in [1.29, 1.82) is 0 Å². The molecule has 1 aliphatic heterocycles. The summed E-state index contributed by atoms with van der Waals surface area (Å²) in [7, 11) is 4.06. The van der Waals surface area contributed by atoms with Gasteiger partial charge in [0.1, 0.15) is 30.3 Å². The zero-order valence-corrected chi connectivity index (χ0v) is 18.3. The summed E-state index contributed by atoms with van der Waals surface area (Å²) >= 11 is 0. The van der Waals surface area contributed by atoms with Crippen molar-refractivity contribution >= 4 is 0 Å². The lowest BCUT2D eigenvalue weighted by Crippen LogP contribution is -2.48. The maximum Gasteiger partial charge on any atom is 0.134 e. The third-order valence-electron chi connectivity index (χ3n) is 5.07. The van der Waals surface area contributed by atoms with Crippen molar-refractivity contribution in [2.45, 2.75) is 19.1 Å². The fourth-order valence-corrected chi connectivity index (χ4v) is 3.44. The number of β-amino-alcohol motifs (C(OH)–C–C–N with tert-alkyl or cyclic N) is 1. The van der Waals surface area contributed by atoms with Crippen LogP contribution in [0, 0.1) is 6.92 Å². The monoisotopic (exact) mass is 414 g/mol. The zero-order chi connectivity index (χ0) is 21.4. The number of hydrogen-bond donors (Lipinski definition) is 1. The van der Waals surface area contributed by atoms with Crippen LogP contribution >= 0.6 is 0 Å². The molecular formula is C24H34N2O4. The maximum absolute atomic E-state index is 11.1. The van der Waals surface area contributed by atoms with Crippen molar-refractivity contribution in [1.82, 2.24) is 9.80 Å². The first-order chi connectivity index (χ1) is 14.4. The minimum Gasteiger partial charge on any atom is -0.492 e. The third-order valence-corrected chi connectivity index (χ3v) is 5.07. The lowest BCUT2D eigenvalue weighted by atomic mass is 10.1. The van der Waals surface area contributed by atoms with E-state index in [1.54, 1.807) is 0 Å². The van der Waals surface area contributed by atoms with Gasteiger partial charge in [0.15, 0.2) is 0 Å². The van der Waals surface area contributed by atoms with Gasteiger partial charge in [0.05, 0.1) is 13.2 Å². The molecule has 164 valence electrons. The molecule has 1 heterocycles. The first kappa shape index (κ1) is 22.6. The van der Waals surface area contributed by atoms with Gasteiger partial charge < -0.3 is 24.2 Å². The van der Waals surface area contributed by atoms with Crippen molar-refractivity contribution < 1.29 is 19.3 Å². The van der Waals surface area contributed by atoms with Gasteiger partial charge in [-0.1, -0.05) is 24.3 Å². The van der Waals surface area contributed by atoms with E-state index in [0.29, 0.717) is 19.8 Å². The molecule has 1 saturated heterocycles. The SMILES string of the molecule is Cc1cccc(OC[C@]2(O)COCCN(Cc3ccc(OCCN(C)C)cc3)C2)c1. The van der Waals surface area contributed by atoms with Crippen LogP contribution in [0.3, 0.4) is 0 Å². The smallest absolute Gasteiger partial charge is 0.134 e. The minimum atomic E-state index is -1.05. The van der Waals surface area contributed by atoms with E-state index in [1.807, 2.05) is 57.4 Å². The molecule has 1 fully saturated rings. The van der Waals surface area contributed by atoms with Gasteiger partial charge in [-0.2, -0.15) is 0 Å². The number of benzene rings is 2. The highest BCUT2D eigenvalue weighted by molar-refractivity contribution is 5.28. The van der Waals surface area contributed by atoms with Crippen LogP contribution in [0.1, 0.15) is 11.1 Å². The lowest BCUT2D eigenvalue weighted by molar-refractivity contribution is -0.0646. The summed E-state index contributed by atoms with van der Waals surface area (Å²) in [6.07, 6.45) is 0. The molecular weight excluding hydrogens is 380 g/mol. The number of aliphatic hydroxyl groups is 1. The Morgan fingerprint density at radius 1 is 1.10 bits per heavy atom. The molecule has 6 heteroatoms. The van der Waals surface area contributed by atoms with Gasteiger partial charge in [0.25, 0.3) is 0 Å². The number of likely N-dealkylation sites (N-methyl/N-ethyl adjacent to an activating group) is 1. The molecule has 1 aliphatic rings. The molecule has 0 amide bonds. The van der Waals surface area contributed by atoms with E-state index in [1.165, 1.54) is 5.56 Å². The first-order valence-corrected chi connectivity index (χ1v) is 10.5. The first-order valence-electron chi connectivity index (χ1n) is 10.5. The van der Waals surface area contributed by atoms with Gasteiger partial charge in [-0.05, 0) is 56.4 Å². The van der Waals surface area contributed by atoms with E-state index in [2.05, 4.69) is 21.9 Å². The molecule has 2 aromatic carbocycles. The van der Waals surface area contributed by atoms with Crippen LogP contribution in [0.15, 0.2) is 48.5 Å². The minimum absolute atomic E-state index is 0.200. The molecule has 0 aliphatic carbocycles. The van der Waals surface area contributed by atoms with Gasteiger partial charge in [-0.3, -0.25) is 4.90 Å². The van der Waals surface area contributed by atoms with Crippen LogP contribution in [0.2, 0.25) is 0 Å². The molecule has 30 heavy (non-hydrogen) atoms. The molecule has 0 unspecified atom stereocenters. The zero-order valence-electron chi connectivity index (χ0n) is 18.3. The lowest BCUT2D eigenvalue weighted by Gasteiger charge is -2.30. The van der Waals surface area contributed by atoms with Crippen LogP contribution in [0.4, 0.5) is 0 Å². The molecule has 2 aromatic rings. The van der Waals surface area contributed by atoms with Crippen LogP contribution in [-0.2, 0) is 11.3 Å². The Labute approximate surface area is 180 Å². The molecule has 0 radical (unpaired) electrons. The summed E-state index contributed by atoms with van der Waals surface area (Å²) < 4.78 is 17.3. The highest BCUT2D eigenvalue weighted by atomic mass is 16.5. The summed E-state index contributed by atoms with van der Waals surface area (Å²) in [6.45, 7) is 6.67. The van der Waals surface area contributed by atoms with Crippen molar-refractivity contribution in [2.24, 2.45) is 0 Å². The van der Waals surface area contributed by atoms with E-state index in [0.717, 1.165) is 36.7 Å².